The Hall–Kier alpha value is -2.76. The molecule has 172 valence electrons. The smallest absolute Gasteiger partial charge is 0.341 e. The number of nitrogens with one attached hydrogen (secondary N) is 1. The second kappa shape index (κ2) is 9.39. The van der Waals surface area contributed by atoms with E-state index >= 15 is 0 Å². The summed E-state index contributed by atoms with van der Waals surface area (Å²) >= 11 is 1.32. The minimum absolute atomic E-state index is 0.0296. The van der Waals surface area contributed by atoms with Crippen LogP contribution in [0.25, 0.3) is 11.0 Å². The Morgan fingerprint density at radius 2 is 2.00 bits per heavy atom. The van der Waals surface area contributed by atoms with Gasteiger partial charge in [0, 0.05) is 18.3 Å². The molecule has 1 amide bonds. The fraction of sp³-hybridized carbons (Fsp3) is 0.381. The number of nitrogens with zero attached hydrogens (tertiary/aromatic N) is 2. The van der Waals surface area contributed by atoms with E-state index in [0.29, 0.717) is 28.5 Å². The van der Waals surface area contributed by atoms with Gasteiger partial charge in [-0.05, 0) is 44.0 Å². The van der Waals surface area contributed by atoms with Crippen LogP contribution in [-0.4, -0.2) is 29.8 Å². The van der Waals surface area contributed by atoms with Crippen molar-refractivity contribution in [3.8, 4) is 0 Å². The van der Waals surface area contributed by atoms with Gasteiger partial charge in [-0.1, -0.05) is 13.3 Å². The zero-order valence-corrected chi connectivity index (χ0v) is 20.0. The Kier molecular flexibility index (Phi) is 7.01. The lowest BCUT2D eigenvalue weighted by Gasteiger charge is -2.10. The van der Waals surface area contributed by atoms with Crippen LogP contribution in [0.1, 0.15) is 53.3 Å². The number of nitrogens with two attached hydrogens (primary N) is 1. The van der Waals surface area contributed by atoms with E-state index in [1.807, 2.05) is 11.5 Å². The molecule has 0 aliphatic carbocycles. The van der Waals surface area contributed by atoms with Crippen LogP contribution in [-0.2, 0) is 32.7 Å². The lowest BCUT2D eigenvalue weighted by atomic mass is 10.1. The van der Waals surface area contributed by atoms with Crippen LogP contribution >= 0.6 is 11.3 Å². The van der Waals surface area contributed by atoms with E-state index in [4.69, 9.17) is 9.88 Å². The van der Waals surface area contributed by atoms with Crippen molar-refractivity contribution in [1.82, 2.24) is 9.55 Å². The number of hydrogen-bond donors (Lipinski definition) is 2. The highest BCUT2D eigenvalue weighted by Gasteiger charge is 2.23. The van der Waals surface area contributed by atoms with Gasteiger partial charge in [-0.15, -0.1) is 11.3 Å². The average Bonchev–Trinajstić information content (AvgIpc) is 3.19. The molecule has 0 fully saturated rings. The van der Waals surface area contributed by atoms with Gasteiger partial charge in [0.15, 0.2) is 0 Å². The number of fused-ring (bicyclic) bond motifs is 1. The lowest BCUT2D eigenvalue weighted by molar-refractivity contribution is -0.114. The molecule has 2 aromatic heterocycles. The normalized spacial score (nSPS) is 11.7. The van der Waals surface area contributed by atoms with Gasteiger partial charge in [0.1, 0.15) is 17.4 Å². The summed E-state index contributed by atoms with van der Waals surface area (Å²) in [6.45, 7) is 7.65. The first-order valence-corrected chi connectivity index (χ1v) is 12.5. The second-order valence-corrected chi connectivity index (χ2v) is 10.3. The first-order chi connectivity index (χ1) is 15.0. The topological polar surface area (TPSA) is 133 Å². The van der Waals surface area contributed by atoms with E-state index < -0.39 is 16.0 Å². The Bertz CT molecular complexity index is 1290. The molecule has 0 saturated carbocycles. The molecule has 0 unspecified atom stereocenters. The number of aryl methyl sites for hydroxylation is 2. The van der Waals surface area contributed by atoms with Crippen LogP contribution in [0.5, 0.6) is 0 Å². The number of hydrogen-bond acceptors (Lipinski definition) is 7. The lowest BCUT2D eigenvalue weighted by Crippen LogP contribution is -2.13. The number of carbonyl (C=O) groups is 2. The predicted octanol–water partition coefficient (Wildman–Crippen LogP) is 3.48. The summed E-state index contributed by atoms with van der Waals surface area (Å²) in [5, 5.41) is 8.38. The molecule has 0 atom stereocenters. The monoisotopic (exact) mass is 478 g/mol. The van der Waals surface area contributed by atoms with Crippen LogP contribution < -0.4 is 10.5 Å². The molecule has 3 aromatic rings. The number of benzene rings is 1. The predicted molar refractivity (Wildman–Crippen MR) is 123 cm³/mol. The molecule has 0 radical (unpaired) electrons. The van der Waals surface area contributed by atoms with Crippen molar-refractivity contribution in [3.05, 3.63) is 40.0 Å². The number of primary sulfonamides is 1. The van der Waals surface area contributed by atoms with Crippen LogP contribution in [0.2, 0.25) is 0 Å². The number of amides is 1. The van der Waals surface area contributed by atoms with E-state index in [0.717, 1.165) is 28.8 Å². The standard InChI is InChI=1S/C21H26N4O5S2/c1-5-6-9-25-17-8-7-15(32(22,28)29)10-16(17)24-18(25)11-30-21(27)19-12(2)13(3)31-20(19)23-14(4)26/h7-8,10H,5-6,9,11H2,1-4H3,(H,23,26)(H2,22,28,29). The number of esters is 1. The summed E-state index contributed by atoms with van der Waals surface area (Å²) < 4.78 is 30.9. The van der Waals surface area contributed by atoms with Crippen molar-refractivity contribution in [2.45, 2.75) is 58.6 Å². The third-order valence-corrected chi connectivity index (χ3v) is 7.11. The molecule has 9 nitrogen and oxygen atoms in total. The number of rotatable bonds is 8. The maximum Gasteiger partial charge on any atom is 0.341 e. The van der Waals surface area contributed by atoms with Crippen molar-refractivity contribution in [2.24, 2.45) is 5.14 Å². The van der Waals surface area contributed by atoms with Gasteiger partial charge in [0.25, 0.3) is 0 Å². The largest absolute Gasteiger partial charge is 0.454 e. The molecule has 2 heterocycles. The highest BCUT2D eigenvalue weighted by molar-refractivity contribution is 7.89. The van der Waals surface area contributed by atoms with E-state index in [1.54, 1.807) is 13.0 Å². The molecule has 3 N–H and O–H groups in total. The number of thiophene rings is 1. The molecule has 3 rings (SSSR count). The first-order valence-electron chi connectivity index (χ1n) is 10.1. The zero-order chi connectivity index (χ0) is 23.6. The van der Waals surface area contributed by atoms with Crippen LogP contribution in [0.4, 0.5) is 5.00 Å². The van der Waals surface area contributed by atoms with Crippen molar-refractivity contribution >= 4 is 49.3 Å². The molecule has 0 bridgehead atoms. The number of imidazole rings is 1. The molecule has 11 heteroatoms. The Morgan fingerprint density at radius 1 is 1.28 bits per heavy atom. The van der Waals surface area contributed by atoms with Crippen molar-refractivity contribution in [2.75, 3.05) is 5.32 Å². The minimum atomic E-state index is -3.86. The van der Waals surface area contributed by atoms with E-state index in [9.17, 15) is 18.0 Å². The van der Waals surface area contributed by atoms with Gasteiger partial charge in [-0.25, -0.2) is 23.3 Å². The Balaban J connectivity index is 1.93. The number of unbranched alkanes of at least 4 members (excludes halogenated alkanes) is 1. The first kappa shape index (κ1) is 23.9. The third-order valence-electron chi connectivity index (χ3n) is 5.07. The van der Waals surface area contributed by atoms with Crippen LogP contribution in [0.3, 0.4) is 0 Å². The van der Waals surface area contributed by atoms with Gasteiger partial charge in [0.05, 0.1) is 21.5 Å². The molecule has 32 heavy (non-hydrogen) atoms. The maximum atomic E-state index is 12.9. The Labute approximate surface area is 190 Å². The number of carbonyl (C=O) groups excluding carboxylic acids is 2. The zero-order valence-electron chi connectivity index (χ0n) is 18.4. The minimum Gasteiger partial charge on any atom is -0.454 e. The Morgan fingerprint density at radius 3 is 2.62 bits per heavy atom. The molecule has 0 aliphatic rings. The van der Waals surface area contributed by atoms with Crippen LogP contribution in [0, 0.1) is 13.8 Å². The average molecular weight is 479 g/mol. The van der Waals surface area contributed by atoms with E-state index in [-0.39, 0.29) is 17.4 Å². The second-order valence-electron chi connectivity index (χ2n) is 7.47. The van der Waals surface area contributed by atoms with Gasteiger partial charge < -0.3 is 14.6 Å². The maximum absolute atomic E-state index is 12.9. The van der Waals surface area contributed by atoms with Crippen molar-refractivity contribution in [1.29, 1.82) is 0 Å². The molecular formula is C21H26N4O5S2. The summed E-state index contributed by atoms with van der Waals surface area (Å²) in [6.07, 6.45) is 1.82. The molecule has 0 aliphatic heterocycles. The quantitative estimate of drug-likeness (QED) is 0.476. The number of anilines is 1. The fourth-order valence-electron chi connectivity index (χ4n) is 3.34. The highest BCUT2D eigenvalue weighted by Crippen LogP contribution is 2.33. The summed E-state index contributed by atoms with van der Waals surface area (Å²) in [5.41, 5.74) is 2.27. The highest BCUT2D eigenvalue weighted by atomic mass is 32.2. The van der Waals surface area contributed by atoms with E-state index in [1.165, 1.54) is 30.4 Å². The number of ether oxygens (including phenoxy) is 1. The molecular weight excluding hydrogens is 452 g/mol. The summed E-state index contributed by atoms with van der Waals surface area (Å²) in [4.78, 5) is 29.8. The van der Waals surface area contributed by atoms with Crippen LogP contribution in [0.15, 0.2) is 23.1 Å². The third kappa shape index (κ3) is 5.00. The van der Waals surface area contributed by atoms with Gasteiger partial charge in [0.2, 0.25) is 15.9 Å². The number of aromatic nitrogens is 2. The van der Waals surface area contributed by atoms with Gasteiger partial charge >= 0.3 is 5.97 Å². The van der Waals surface area contributed by atoms with Crippen molar-refractivity contribution in [3.63, 3.8) is 0 Å². The summed E-state index contributed by atoms with van der Waals surface area (Å²) in [5.74, 6) is -0.332. The molecule has 0 saturated heterocycles. The van der Waals surface area contributed by atoms with E-state index in [2.05, 4.69) is 17.2 Å². The summed E-state index contributed by atoms with van der Waals surface area (Å²) in [7, 11) is -3.86. The molecule has 0 spiro atoms. The summed E-state index contributed by atoms with van der Waals surface area (Å²) in [6, 6.07) is 4.51. The fourth-order valence-corrected chi connectivity index (χ4v) is 4.96. The SMILES string of the molecule is CCCCn1c(COC(=O)c2c(NC(C)=O)sc(C)c2C)nc2cc(S(N)(=O)=O)ccc21. The molecule has 1 aromatic carbocycles. The van der Waals surface area contributed by atoms with Crippen molar-refractivity contribution < 1.29 is 22.7 Å². The number of sulfonamides is 1. The van der Waals surface area contributed by atoms with Gasteiger partial charge in [-0.3, -0.25) is 4.79 Å². The van der Waals surface area contributed by atoms with Gasteiger partial charge in [-0.2, -0.15) is 0 Å².